The Morgan fingerprint density at radius 3 is 2.22 bits per heavy atom. The third kappa shape index (κ3) is 3.95. The molecule has 1 aromatic rings. The van der Waals surface area contributed by atoms with E-state index in [1.54, 1.807) is 30.3 Å². The minimum Gasteiger partial charge on any atom is -0.276 e. The summed E-state index contributed by atoms with van der Waals surface area (Å²) in [6.07, 6.45) is 0. The molecule has 0 spiro atoms. The van der Waals surface area contributed by atoms with Gasteiger partial charge < -0.3 is 0 Å². The first kappa shape index (κ1) is 14.9. The van der Waals surface area contributed by atoms with Gasteiger partial charge in [-0.1, -0.05) is 30.3 Å². The normalized spacial score (nSPS) is 12.9. The maximum atomic E-state index is 12.1. The van der Waals surface area contributed by atoms with E-state index in [4.69, 9.17) is 0 Å². The van der Waals surface area contributed by atoms with Crippen molar-refractivity contribution in [3.05, 3.63) is 35.9 Å². The Kier molecular flexibility index (Phi) is 4.68. The molecule has 0 aliphatic heterocycles. The summed E-state index contributed by atoms with van der Waals surface area (Å²) < 4.78 is 61.5. The van der Waals surface area contributed by atoms with Crippen LogP contribution < -0.4 is 0 Å². The molecule has 0 saturated heterocycles. The van der Waals surface area contributed by atoms with Gasteiger partial charge in [0.2, 0.25) is 0 Å². The number of benzene rings is 1. The van der Waals surface area contributed by atoms with Crippen LogP contribution in [-0.2, 0) is 25.8 Å². The molecule has 102 valence electrons. The summed E-state index contributed by atoms with van der Waals surface area (Å²) in [5.41, 5.74) is -4.97. The van der Waals surface area contributed by atoms with Crippen molar-refractivity contribution in [1.29, 1.82) is 0 Å². The molecule has 0 amide bonds. The van der Waals surface area contributed by atoms with Crippen LogP contribution in [0.25, 0.3) is 0 Å². The zero-order valence-corrected chi connectivity index (χ0v) is 10.0. The number of rotatable bonds is 5. The third-order valence-corrected chi connectivity index (χ3v) is 2.75. The van der Waals surface area contributed by atoms with Gasteiger partial charge in [-0.3, -0.25) is 4.84 Å². The molecule has 18 heavy (non-hydrogen) atoms. The second-order valence-corrected chi connectivity index (χ2v) is 4.65. The van der Waals surface area contributed by atoms with Crippen LogP contribution in [0.1, 0.15) is 5.56 Å². The summed E-state index contributed by atoms with van der Waals surface area (Å²) in [7, 11) is -4.73. The molecular weight excluding hydrogens is 275 g/mol. The largest absolute Gasteiger partial charge is 0.524 e. The number of hydrogen-bond donors (Lipinski definition) is 0. The molecule has 0 radical (unpaired) electrons. The van der Waals surface area contributed by atoms with Gasteiger partial charge in [0.1, 0.15) is 0 Å². The van der Waals surface area contributed by atoms with Crippen molar-refractivity contribution >= 4 is 10.1 Å². The van der Waals surface area contributed by atoms with Crippen LogP contribution in [0.3, 0.4) is 0 Å². The van der Waals surface area contributed by atoms with E-state index in [1.807, 2.05) is 0 Å². The van der Waals surface area contributed by atoms with Crippen molar-refractivity contribution in [2.24, 2.45) is 0 Å². The Hall–Kier alpha value is -1.16. The van der Waals surface area contributed by atoms with Crippen molar-refractivity contribution in [2.75, 3.05) is 7.11 Å². The van der Waals surface area contributed by atoms with Gasteiger partial charge >= 0.3 is 15.6 Å². The summed E-state index contributed by atoms with van der Waals surface area (Å²) in [4.78, 5) is 4.42. The van der Waals surface area contributed by atoms with Gasteiger partial charge in [0.25, 0.3) is 0 Å². The highest BCUT2D eigenvalue weighted by atomic mass is 32.2. The van der Waals surface area contributed by atoms with Crippen molar-refractivity contribution in [3.63, 3.8) is 0 Å². The Morgan fingerprint density at radius 1 is 1.22 bits per heavy atom. The van der Waals surface area contributed by atoms with Gasteiger partial charge in [-0.25, -0.2) is 0 Å². The molecule has 1 aromatic carbocycles. The lowest BCUT2D eigenvalue weighted by atomic mass is 10.2. The highest BCUT2D eigenvalue weighted by Gasteiger charge is 2.49. The van der Waals surface area contributed by atoms with Gasteiger partial charge in [-0.2, -0.15) is 21.6 Å². The van der Waals surface area contributed by atoms with Gasteiger partial charge in [0, 0.05) is 0 Å². The Balaban J connectivity index is 2.75. The summed E-state index contributed by atoms with van der Waals surface area (Å²) in [6.45, 7) is -0.271. The first-order valence-electron chi connectivity index (χ1n) is 4.62. The van der Waals surface area contributed by atoms with Crippen LogP contribution in [0, 0.1) is 0 Å². The number of halogens is 3. The Morgan fingerprint density at radius 2 is 1.78 bits per heavy atom. The fourth-order valence-corrected chi connectivity index (χ4v) is 1.42. The van der Waals surface area contributed by atoms with Gasteiger partial charge in [0.15, 0.2) is 0 Å². The van der Waals surface area contributed by atoms with E-state index in [2.05, 4.69) is 9.12 Å². The third-order valence-electron chi connectivity index (χ3n) is 1.82. The van der Waals surface area contributed by atoms with E-state index in [0.717, 1.165) is 7.11 Å². The van der Waals surface area contributed by atoms with Crippen LogP contribution in [0.2, 0.25) is 0 Å². The van der Waals surface area contributed by atoms with Crippen LogP contribution in [0.4, 0.5) is 13.2 Å². The average Bonchev–Trinajstić information content (AvgIpc) is 2.27. The maximum Gasteiger partial charge on any atom is 0.524 e. The Labute approximate surface area is 102 Å². The second-order valence-electron chi connectivity index (χ2n) is 3.13. The van der Waals surface area contributed by atoms with Crippen molar-refractivity contribution < 1.29 is 30.7 Å². The highest BCUT2D eigenvalue weighted by molar-refractivity contribution is 7.87. The van der Waals surface area contributed by atoms with Gasteiger partial charge in [0.05, 0.1) is 13.7 Å². The molecule has 9 heteroatoms. The number of nitrogens with zero attached hydrogens (tertiary/aromatic N) is 1. The van der Waals surface area contributed by atoms with Crippen molar-refractivity contribution in [3.8, 4) is 0 Å². The lowest BCUT2D eigenvalue weighted by Crippen LogP contribution is -2.33. The monoisotopic (exact) mass is 285 g/mol. The summed E-state index contributed by atoms with van der Waals surface area (Å²) in [5, 5.41) is 0.234. The lowest BCUT2D eigenvalue weighted by molar-refractivity contribution is -0.311. The van der Waals surface area contributed by atoms with Gasteiger partial charge in [-0.05, 0) is 10.8 Å². The molecule has 0 aliphatic rings. The molecule has 0 bridgehead atoms. The molecule has 0 aliphatic carbocycles. The quantitative estimate of drug-likeness (QED) is 0.610. The first-order chi connectivity index (χ1) is 8.26. The topological polar surface area (TPSA) is 55.8 Å². The lowest BCUT2D eigenvalue weighted by Gasteiger charge is -2.18. The average molecular weight is 285 g/mol. The smallest absolute Gasteiger partial charge is 0.276 e. The SMILES string of the molecule is CON(Cc1ccccc1)OS(=O)(=O)C(F)(F)F. The molecular formula is C9H10F3NO4S. The maximum absolute atomic E-state index is 12.1. The summed E-state index contributed by atoms with van der Waals surface area (Å²) in [5.74, 6) is 0. The number of alkyl halides is 3. The van der Waals surface area contributed by atoms with Crippen LogP contribution in [0.5, 0.6) is 0 Å². The predicted molar refractivity (Wildman–Crippen MR) is 55.1 cm³/mol. The Bertz CT molecular complexity index is 474. The molecule has 0 fully saturated rings. The number of hydrogen-bond acceptors (Lipinski definition) is 5. The zero-order chi connectivity index (χ0) is 13.8. The van der Waals surface area contributed by atoms with Gasteiger partial charge in [-0.15, -0.1) is 4.28 Å². The molecule has 0 heterocycles. The highest BCUT2D eigenvalue weighted by Crippen LogP contribution is 2.25. The molecule has 0 aromatic heterocycles. The van der Waals surface area contributed by atoms with E-state index in [-0.39, 0.29) is 11.8 Å². The van der Waals surface area contributed by atoms with Crippen LogP contribution >= 0.6 is 0 Å². The van der Waals surface area contributed by atoms with E-state index in [9.17, 15) is 21.6 Å². The molecule has 5 nitrogen and oxygen atoms in total. The minimum absolute atomic E-state index is 0.234. The van der Waals surface area contributed by atoms with Crippen molar-refractivity contribution in [2.45, 2.75) is 12.1 Å². The molecule has 0 unspecified atom stereocenters. The van der Waals surface area contributed by atoms with Crippen molar-refractivity contribution in [1.82, 2.24) is 5.23 Å². The molecule has 1 rings (SSSR count). The van der Waals surface area contributed by atoms with Crippen LogP contribution in [0.15, 0.2) is 30.3 Å². The van der Waals surface area contributed by atoms with E-state index < -0.39 is 15.6 Å². The number of hydroxylamine groups is 2. The fraction of sp³-hybridized carbons (Fsp3) is 0.333. The zero-order valence-electron chi connectivity index (χ0n) is 9.22. The molecule has 0 atom stereocenters. The van der Waals surface area contributed by atoms with Crippen LogP contribution in [-0.4, -0.2) is 26.3 Å². The van der Waals surface area contributed by atoms with E-state index in [1.165, 1.54) is 0 Å². The predicted octanol–water partition coefficient (Wildman–Crippen LogP) is 1.83. The standard InChI is InChI=1S/C9H10F3NO4S/c1-16-13(7-8-5-3-2-4-6-8)17-18(14,15)9(10,11)12/h2-6H,7H2,1H3. The fourth-order valence-electron chi connectivity index (χ4n) is 1.01. The summed E-state index contributed by atoms with van der Waals surface area (Å²) >= 11 is 0. The second kappa shape index (κ2) is 5.65. The molecule has 0 N–H and O–H groups in total. The first-order valence-corrected chi connectivity index (χ1v) is 6.03. The van der Waals surface area contributed by atoms with E-state index >= 15 is 0 Å². The summed E-state index contributed by atoms with van der Waals surface area (Å²) in [6, 6.07) is 8.14. The minimum atomic E-state index is -5.73. The van der Waals surface area contributed by atoms with E-state index in [0.29, 0.717) is 5.56 Å². The molecule has 0 saturated carbocycles.